The SMILES string of the molecule is CCCNc1ncc(Br)c(NC(C)CCC)n1. The smallest absolute Gasteiger partial charge is 0.224 e. The van der Waals surface area contributed by atoms with E-state index >= 15 is 0 Å². The number of rotatable bonds is 7. The van der Waals surface area contributed by atoms with Crippen molar-refractivity contribution in [3.63, 3.8) is 0 Å². The minimum absolute atomic E-state index is 0.422. The molecule has 1 unspecified atom stereocenters. The van der Waals surface area contributed by atoms with Crippen LogP contribution in [-0.4, -0.2) is 22.6 Å². The standard InChI is InChI=1S/C12H21BrN4/c1-4-6-9(3)16-11-10(13)8-15-12(17-11)14-7-5-2/h8-9H,4-7H2,1-3H3,(H2,14,15,16,17). The summed E-state index contributed by atoms with van der Waals surface area (Å²) < 4.78 is 0.905. The largest absolute Gasteiger partial charge is 0.367 e. The maximum Gasteiger partial charge on any atom is 0.224 e. The molecule has 0 saturated carbocycles. The number of aromatic nitrogens is 2. The first kappa shape index (κ1) is 14.2. The molecule has 4 nitrogen and oxygen atoms in total. The first-order valence-electron chi connectivity index (χ1n) is 6.20. The molecule has 0 aromatic carbocycles. The lowest BCUT2D eigenvalue weighted by Crippen LogP contribution is -2.17. The highest BCUT2D eigenvalue weighted by atomic mass is 79.9. The predicted molar refractivity (Wildman–Crippen MR) is 76.5 cm³/mol. The zero-order chi connectivity index (χ0) is 12.7. The molecule has 0 aliphatic carbocycles. The van der Waals surface area contributed by atoms with Gasteiger partial charge in [-0.25, -0.2) is 4.98 Å². The van der Waals surface area contributed by atoms with Gasteiger partial charge in [-0.15, -0.1) is 0 Å². The Morgan fingerprint density at radius 1 is 1.35 bits per heavy atom. The molecule has 17 heavy (non-hydrogen) atoms. The zero-order valence-corrected chi connectivity index (χ0v) is 12.3. The maximum absolute atomic E-state index is 4.45. The number of nitrogens with zero attached hydrogens (tertiary/aromatic N) is 2. The molecule has 0 aliphatic rings. The Balaban J connectivity index is 2.68. The molecule has 0 saturated heterocycles. The van der Waals surface area contributed by atoms with Crippen molar-refractivity contribution in [3.8, 4) is 0 Å². The number of hydrogen-bond donors (Lipinski definition) is 2. The van der Waals surface area contributed by atoms with E-state index in [9.17, 15) is 0 Å². The second kappa shape index (κ2) is 7.48. The van der Waals surface area contributed by atoms with E-state index < -0.39 is 0 Å². The summed E-state index contributed by atoms with van der Waals surface area (Å²) in [5, 5.41) is 6.57. The molecule has 0 fully saturated rings. The van der Waals surface area contributed by atoms with Gasteiger partial charge >= 0.3 is 0 Å². The molecule has 1 heterocycles. The van der Waals surface area contributed by atoms with Gasteiger partial charge in [-0.05, 0) is 35.7 Å². The number of hydrogen-bond acceptors (Lipinski definition) is 4. The highest BCUT2D eigenvalue weighted by Gasteiger charge is 2.07. The fraction of sp³-hybridized carbons (Fsp3) is 0.667. The molecule has 5 heteroatoms. The zero-order valence-electron chi connectivity index (χ0n) is 10.8. The van der Waals surface area contributed by atoms with Crippen LogP contribution in [0.5, 0.6) is 0 Å². The summed E-state index contributed by atoms with van der Waals surface area (Å²) >= 11 is 3.46. The van der Waals surface area contributed by atoms with Crippen LogP contribution in [0.15, 0.2) is 10.7 Å². The average Bonchev–Trinajstić information content (AvgIpc) is 2.30. The van der Waals surface area contributed by atoms with Gasteiger partial charge in [0.1, 0.15) is 5.82 Å². The molecule has 2 N–H and O–H groups in total. The van der Waals surface area contributed by atoms with Crippen molar-refractivity contribution < 1.29 is 0 Å². The van der Waals surface area contributed by atoms with Crippen LogP contribution < -0.4 is 10.6 Å². The lowest BCUT2D eigenvalue weighted by atomic mass is 10.2. The van der Waals surface area contributed by atoms with Gasteiger partial charge in [0.25, 0.3) is 0 Å². The van der Waals surface area contributed by atoms with E-state index in [1.54, 1.807) is 6.20 Å². The van der Waals surface area contributed by atoms with E-state index in [0.29, 0.717) is 12.0 Å². The number of anilines is 2. The van der Waals surface area contributed by atoms with Crippen LogP contribution in [0.2, 0.25) is 0 Å². The van der Waals surface area contributed by atoms with E-state index in [-0.39, 0.29) is 0 Å². The Morgan fingerprint density at radius 2 is 2.12 bits per heavy atom. The Labute approximate surface area is 112 Å². The van der Waals surface area contributed by atoms with Crippen molar-refractivity contribution in [2.75, 3.05) is 17.2 Å². The molecule has 1 atom stereocenters. The average molecular weight is 301 g/mol. The van der Waals surface area contributed by atoms with Gasteiger partial charge in [-0.3, -0.25) is 0 Å². The number of nitrogens with one attached hydrogen (secondary N) is 2. The summed E-state index contributed by atoms with van der Waals surface area (Å²) in [6.07, 6.45) is 5.15. The third-order valence-electron chi connectivity index (χ3n) is 2.38. The minimum Gasteiger partial charge on any atom is -0.367 e. The highest BCUT2D eigenvalue weighted by Crippen LogP contribution is 2.21. The highest BCUT2D eigenvalue weighted by molar-refractivity contribution is 9.10. The number of halogens is 1. The van der Waals surface area contributed by atoms with Crippen molar-refractivity contribution in [1.29, 1.82) is 0 Å². The fourth-order valence-electron chi connectivity index (χ4n) is 1.53. The van der Waals surface area contributed by atoms with Gasteiger partial charge in [0, 0.05) is 18.8 Å². The summed E-state index contributed by atoms with van der Waals surface area (Å²) in [4.78, 5) is 8.67. The van der Waals surface area contributed by atoms with E-state index in [0.717, 1.165) is 36.1 Å². The molecule has 0 spiro atoms. The van der Waals surface area contributed by atoms with E-state index in [1.165, 1.54) is 0 Å². The van der Waals surface area contributed by atoms with Crippen molar-refractivity contribution in [3.05, 3.63) is 10.7 Å². The lowest BCUT2D eigenvalue weighted by molar-refractivity contribution is 0.686. The van der Waals surface area contributed by atoms with E-state index in [1.807, 2.05) is 0 Å². The molecule has 0 amide bonds. The summed E-state index contributed by atoms with van der Waals surface area (Å²) in [7, 11) is 0. The van der Waals surface area contributed by atoms with Crippen molar-refractivity contribution in [1.82, 2.24) is 9.97 Å². The van der Waals surface area contributed by atoms with E-state index in [2.05, 4.69) is 57.3 Å². The molecule has 1 rings (SSSR count). The van der Waals surface area contributed by atoms with Crippen LogP contribution in [0, 0.1) is 0 Å². The Hall–Kier alpha value is -0.840. The second-order valence-corrected chi connectivity index (χ2v) is 5.01. The molecule has 1 aromatic rings. The van der Waals surface area contributed by atoms with Gasteiger partial charge in [-0.1, -0.05) is 20.3 Å². The topological polar surface area (TPSA) is 49.8 Å². The summed E-state index contributed by atoms with van der Waals surface area (Å²) in [5.74, 6) is 1.54. The fourth-order valence-corrected chi connectivity index (χ4v) is 1.83. The molecular weight excluding hydrogens is 280 g/mol. The van der Waals surface area contributed by atoms with Crippen molar-refractivity contribution >= 4 is 27.7 Å². The predicted octanol–water partition coefficient (Wildman–Crippen LogP) is 3.66. The summed E-state index contributed by atoms with van der Waals surface area (Å²) in [6, 6.07) is 0.422. The van der Waals surface area contributed by atoms with Crippen LogP contribution in [-0.2, 0) is 0 Å². The van der Waals surface area contributed by atoms with Crippen LogP contribution in [0.1, 0.15) is 40.0 Å². The normalized spacial score (nSPS) is 12.2. The van der Waals surface area contributed by atoms with Gasteiger partial charge in [0.2, 0.25) is 5.95 Å². The lowest BCUT2D eigenvalue weighted by Gasteiger charge is -2.15. The van der Waals surface area contributed by atoms with Crippen LogP contribution in [0.4, 0.5) is 11.8 Å². The maximum atomic E-state index is 4.45. The monoisotopic (exact) mass is 300 g/mol. The molecular formula is C12H21BrN4. The first-order chi connectivity index (χ1) is 8.17. The van der Waals surface area contributed by atoms with Crippen molar-refractivity contribution in [2.24, 2.45) is 0 Å². The Morgan fingerprint density at radius 3 is 2.76 bits per heavy atom. The molecule has 96 valence electrons. The molecule has 0 bridgehead atoms. The third kappa shape index (κ3) is 4.89. The van der Waals surface area contributed by atoms with Crippen LogP contribution in [0.3, 0.4) is 0 Å². The first-order valence-corrected chi connectivity index (χ1v) is 6.99. The molecule has 1 aromatic heterocycles. The summed E-state index contributed by atoms with van der Waals surface area (Å²) in [5.41, 5.74) is 0. The summed E-state index contributed by atoms with van der Waals surface area (Å²) in [6.45, 7) is 7.36. The van der Waals surface area contributed by atoms with Gasteiger partial charge < -0.3 is 10.6 Å². The molecule has 0 aliphatic heterocycles. The van der Waals surface area contributed by atoms with E-state index in [4.69, 9.17) is 0 Å². The van der Waals surface area contributed by atoms with Gasteiger partial charge in [0.15, 0.2) is 0 Å². The van der Waals surface area contributed by atoms with Gasteiger partial charge in [-0.2, -0.15) is 4.98 Å². The Bertz CT molecular complexity index is 343. The quantitative estimate of drug-likeness (QED) is 0.807. The van der Waals surface area contributed by atoms with Crippen LogP contribution in [0.25, 0.3) is 0 Å². The van der Waals surface area contributed by atoms with Crippen LogP contribution >= 0.6 is 15.9 Å². The van der Waals surface area contributed by atoms with Gasteiger partial charge in [0.05, 0.1) is 4.47 Å². The third-order valence-corrected chi connectivity index (χ3v) is 2.96. The Kier molecular flexibility index (Phi) is 6.26. The van der Waals surface area contributed by atoms with Crippen molar-refractivity contribution in [2.45, 2.75) is 46.1 Å². The molecule has 0 radical (unpaired) electrons. The minimum atomic E-state index is 0.422. The second-order valence-electron chi connectivity index (χ2n) is 4.15.